The van der Waals surface area contributed by atoms with Crippen molar-refractivity contribution in [2.45, 2.75) is 18.5 Å². The van der Waals surface area contributed by atoms with Gasteiger partial charge in [0.15, 0.2) is 5.16 Å². The highest BCUT2D eigenvalue weighted by atomic mass is 32.2. The number of hydrogen-bond acceptors (Lipinski definition) is 6. The van der Waals surface area contributed by atoms with Crippen molar-refractivity contribution in [3.63, 3.8) is 0 Å². The van der Waals surface area contributed by atoms with E-state index in [2.05, 4.69) is 22.4 Å². The fourth-order valence-electron chi connectivity index (χ4n) is 3.13. The number of thioether (sulfide) groups is 1. The van der Waals surface area contributed by atoms with Gasteiger partial charge in [-0.1, -0.05) is 43.0 Å². The average Bonchev–Trinajstić information content (AvgIpc) is 3.22. The Balaban J connectivity index is 1.51. The summed E-state index contributed by atoms with van der Waals surface area (Å²) >= 11 is 1.21. The second-order valence-electron chi connectivity index (χ2n) is 6.71. The van der Waals surface area contributed by atoms with Crippen molar-refractivity contribution in [1.82, 2.24) is 19.2 Å². The van der Waals surface area contributed by atoms with Gasteiger partial charge in [0.1, 0.15) is 5.75 Å². The molecule has 2 aromatic heterocycles. The fraction of sp³-hybridized carbons (Fsp3) is 0.182. The summed E-state index contributed by atoms with van der Waals surface area (Å²) < 4.78 is 8.40. The molecule has 2 heterocycles. The number of hydrogen-bond donors (Lipinski definition) is 1. The average molecular weight is 436 g/mol. The van der Waals surface area contributed by atoms with Crippen molar-refractivity contribution in [2.24, 2.45) is 0 Å². The molecule has 0 unspecified atom stereocenters. The zero-order valence-electron chi connectivity index (χ0n) is 17.1. The molecule has 0 aliphatic carbocycles. The number of amides is 1. The number of para-hydroxylation sites is 2. The molecule has 0 saturated carbocycles. The van der Waals surface area contributed by atoms with Crippen LogP contribution in [-0.4, -0.2) is 37.9 Å². The maximum absolute atomic E-state index is 12.9. The second kappa shape index (κ2) is 9.05. The summed E-state index contributed by atoms with van der Waals surface area (Å²) in [7, 11) is 1.55. The van der Waals surface area contributed by atoms with E-state index in [1.807, 2.05) is 36.4 Å². The first kappa shape index (κ1) is 20.7. The summed E-state index contributed by atoms with van der Waals surface area (Å²) in [5, 5.41) is 11.4. The molecule has 0 aliphatic heterocycles. The largest absolute Gasteiger partial charge is 0.495 e. The van der Waals surface area contributed by atoms with Crippen LogP contribution in [0.2, 0.25) is 0 Å². The van der Waals surface area contributed by atoms with Crippen LogP contribution < -0.4 is 15.6 Å². The minimum atomic E-state index is -0.327. The van der Waals surface area contributed by atoms with Gasteiger partial charge in [0.2, 0.25) is 11.6 Å². The van der Waals surface area contributed by atoms with Crippen LogP contribution >= 0.6 is 11.8 Å². The summed E-state index contributed by atoms with van der Waals surface area (Å²) in [4.78, 5) is 25.2. The van der Waals surface area contributed by atoms with E-state index in [1.165, 1.54) is 21.9 Å². The molecule has 31 heavy (non-hydrogen) atoms. The SMILES string of the molecule is CCc1ccc(NC(=O)CSc2nnc3c(=O)n(-c4ccccc4OC)ccn23)cc1. The lowest BCUT2D eigenvalue weighted by Gasteiger charge is -2.10. The van der Waals surface area contributed by atoms with Gasteiger partial charge in [-0.25, -0.2) is 0 Å². The zero-order chi connectivity index (χ0) is 21.8. The molecule has 2 aromatic carbocycles. The number of nitrogens with one attached hydrogen (secondary N) is 1. The first-order valence-corrected chi connectivity index (χ1v) is 10.7. The molecule has 1 N–H and O–H groups in total. The van der Waals surface area contributed by atoms with Gasteiger partial charge >= 0.3 is 5.56 Å². The molecular weight excluding hydrogens is 414 g/mol. The van der Waals surface area contributed by atoms with Crippen LogP contribution in [0.4, 0.5) is 5.69 Å². The smallest absolute Gasteiger partial charge is 0.300 e. The number of aryl methyl sites for hydroxylation is 1. The highest BCUT2D eigenvalue weighted by molar-refractivity contribution is 7.99. The Morgan fingerprint density at radius 3 is 2.61 bits per heavy atom. The van der Waals surface area contributed by atoms with Crippen molar-refractivity contribution < 1.29 is 9.53 Å². The van der Waals surface area contributed by atoms with Crippen LogP contribution in [-0.2, 0) is 11.2 Å². The second-order valence-corrected chi connectivity index (χ2v) is 7.65. The molecule has 158 valence electrons. The number of carbonyl (C=O) groups excluding carboxylic acids is 1. The Kier molecular flexibility index (Phi) is 6.03. The maximum atomic E-state index is 12.9. The van der Waals surface area contributed by atoms with Gasteiger partial charge in [0.05, 0.1) is 18.6 Å². The maximum Gasteiger partial charge on any atom is 0.300 e. The first-order chi connectivity index (χ1) is 15.1. The van der Waals surface area contributed by atoms with E-state index < -0.39 is 0 Å². The number of rotatable bonds is 7. The lowest BCUT2D eigenvalue weighted by atomic mass is 10.1. The van der Waals surface area contributed by atoms with E-state index in [0.29, 0.717) is 16.6 Å². The van der Waals surface area contributed by atoms with E-state index in [9.17, 15) is 9.59 Å². The van der Waals surface area contributed by atoms with Crippen molar-refractivity contribution in [2.75, 3.05) is 18.2 Å². The molecule has 8 nitrogen and oxygen atoms in total. The Morgan fingerprint density at radius 1 is 1.10 bits per heavy atom. The lowest BCUT2D eigenvalue weighted by molar-refractivity contribution is -0.113. The number of anilines is 1. The molecule has 4 rings (SSSR count). The van der Waals surface area contributed by atoms with Gasteiger partial charge in [-0.15, -0.1) is 10.2 Å². The third kappa shape index (κ3) is 4.31. The van der Waals surface area contributed by atoms with E-state index in [4.69, 9.17) is 4.74 Å². The molecule has 0 fully saturated rings. The van der Waals surface area contributed by atoms with Gasteiger partial charge in [0.25, 0.3) is 0 Å². The van der Waals surface area contributed by atoms with E-state index in [1.54, 1.807) is 36.0 Å². The molecule has 9 heteroatoms. The number of methoxy groups -OCH3 is 1. The zero-order valence-corrected chi connectivity index (χ0v) is 17.9. The monoisotopic (exact) mass is 435 g/mol. The minimum absolute atomic E-state index is 0.145. The summed E-state index contributed by atoms with van der Waals surface area (Å²) in [5.74, 6) is 0.561. The van der Waals surface area contributed by atoms with E-state index in [-0.39, 0.29) is 22.9 Å². The van der Waals surface area contributed by atoms with Crippen molar-refractivity contribution >= 4 is 29.0 Å². The van der Waals surface area contributed by atoms with Crippen molar-refractivity contribution in [3.05, 3.63) is 76.8 Å². The van der Waals surface area contributed by atoms with Crippen LogP contribution in [0.15, 0.2) is 70.9 Å². The number of aromatic nitrogens is 4. The number of fused-ring (bicyclic) bond motifs is 1. The Morgan fingerprint density at radius 2 is 1.87 bits per heavy atom. The molecular formula is C22H21N5O3S. The summed E-state index contributed by atoms with van der Waals surface area (Å²) in [6.07, 6.45) is 4.28. The van der Waals surface area contributed by atoms with Crippen molar-refractivity contribution in [1.29, 1.82) is 0 Å². The minimum Gasteiger partial charge on any atom is -0.495 e. The first-order valence-electron chi connectivity index (χ1n) is 9.72. The molecule has 0 bridgehead atoms. The summed E-state index contributed by atoms with van der Waals surface area (Å²) in [6.45, 7) is 2.08. The van der Waals surface area contributed by atoms with E-state index >= 15 is 0 Å². The molecule has 0 spiro atoms. The number of benzene rings is 2. The fourth-order valence-corrected chi connectivity index (χ4v) is 3.85. The summed E-state index contributed by atoms with van der Waals surface area (Å²) in [5.41, 5.74) is 2.41. The molecule has 0 aliphatic rings. The van der Waals surface area contributed by atoms with Crippen LogP contribution in [0, 0.1) is 0 Å². The number of nitrogens with zero attached hydrogens (tertiary/aromatic N) is 4. The summed E-state index contributed by atoms with van der Waals surface area (Å²) in [6, 6.07) is 15.0. The van der Waals surface area contributed by atoms with Crippen LogP contribution in [0.25, 0.3) is 11.3 Å². The highest BCUT2D eigenvalue weighted by Gasteiger charge is 2.15. The molecule has 0 atom stereocenters. The molecule has 0 radical (unpaired) electrons. The van der Waals surface area contributed by atoms with E-state index in [0.717, 1.165) is 12.1 Å². The molecule has 4 aromatic rings. The van der Waals surface area contributed by atoms with Crippen LogP contribution in [0.5, 0.6) is 5.75 Å². The highest BCUT2D eigenvalue weighted by Crippen LogP contribution is 2.22. The van der Waals surface area contributed by atoms with Gasteiger partial charge in [-0.05, 0) is 36.2 Å². The van der Waals surface area contributed by atoms with Gasteiger partial charge in [0, 0.05) is 18.1 Å². The van der Waals surface area contributed by atoms with Gasteiger partial charge in [-0.2, -0.15) is 0 Å². The number of carbonyl (C=O) groups is 1. The number of ether oxygens (including phenoxy) is 1. The Labute approximate surface area is 182 Å². The molecule has 0 saturated heterocycles. The normalized spacial score (nSPS) is 10.9. The van der Waals surface area contributed by atoms with Crippen LogP contribution in [0.3, 0.4) is 0 Å². The third-order valence-corrected chi connectivity index (χ3v) is 5.71. The standard InChI is InChI=1S/C22H21N5O3S/c1-3-15-8-10-16(11-9-15)23-19(28)14-31-22-25-24-20-21(29)26(12-13-27(20)22)17-6-4-5-7-18(17)30-2/h4-13H,3,14H2,1-2H3,(H,23,28). The molecule has 1 amide bonds. The topological polar surface area (TPSA) is 90.5 Å². The Bertz CT molecular complexity index is 1280. The van der Waals surface area contributed by atoms with Crippen molar-refractivity contribution in [3.8, 4) is 11.4 Å². The third-order valence-electron chi connectivity index (χ3n) is 4.76. The van der Waals surface area contributed by atoms with Crippen LogP contribution in [0.1, 0.15) is 12.5 Å². The predicted octanol–water partition coefficient (Wildman–Crippen LogP) is 3.18. The lowest BCUT2D eigenvalue weighted by Crippen LogP contribution is -2.20. The quantitative estimate of drug-likeness (QED) is 0.449. The predicted molar refractivity (Wildman–Crippen MR) is 120 cm³/mol. The Hall–Kier alpha value is -3.59. The van der Waals surface area contributed by atoms with Gasteiger partial charge in [-0.3, -0.25) is 18.6 Å². The van der Waals surface area contributed by atoms with Gasteiger partial charge < -0.3 is 10.1 Å².